The number of carbonyl (C=O) groups is 2. The molecule has 0 bridgehead atoms. The van der Waals surface area contributed by atoms with Crippen molar-refractivity contribution in [3.63, 3.8) is 0 Å². The van der Waals surface area contributed by atoms with E-state index in [2.05, 4.69) is 14.9 Å². The molecule has 8 heteroatoms. The smallest absolute Gasteiger partial charge is 0.290 e. The van der Waals surface area contributed by atoms with Crippen molar-refractivity contribution in [3.05, 3.63) is 23.3 Å². The molecular weight excluding hydrogens is 348 g/mol. The minimum atomic E-state index is -0.250. The molecular formula is C19H30N4O4. The second kappa shape index (κ2) is 10.9. The summed E-state index contributed by atoms with van der Waals surface area (Å²) in [5, 5.41) is 6.89. The molecule has 0 saturated carbocycles. The van der Waals surface area contributed by atoms with Crippen molar-refractivity contribution in [3.8, 4) is 0 Å². The molecule has 3 heterocycles. The molecule has 1 aromatic rings. The Morgan fingerprint density at radius 1 is 1.26 bits per heavy atom. The van der Waals surface area contributed by atoms with Crippen molar-refractivity contribution in [1.29, 1.82) is 0 Å². The summed E-state index contributed by atoms with van der Waals surface area (Å²) in [4.78, 5) is 34.1. The molecule has 2 aliphatic rings. The number of ether oxygens (including phenoxy) is 1. The molecule has 0 spiro atoms. The van der Waals surface area contributed by atoms with Gasteiger partial charge in [-0.2, -0.15) is 0 Å². The zero-order chi connectivity index (χ0) is 19.6. The maximum absolute atomic E-state index is 12.8. The average molecular weight is 378 g/mol. The van der Waals surface area contributed by atoms with Crippen LogP contribution < -0.4 is 0 Å². The maximum atomic E-state index is 12.8. The number of hydrogen-bond acceptors (Lipinski definition) is 6. The highest BCUT2D eigenvalue weighted by molar-refractivity contribution is 5.92. The van der Waals surface area contributed by atoms with Crippen LogP contribution in [-0.4, -0.2) is 83.2 Å². The summed E-state index contributed by atoms with van der Waals surface area (Å²) in [6, 6.07) is 1.79. The lowest BCUT2D eigenvalue weighted by Gasteiger charge is -2.28. The van der Waals surface area contributed by atoms with Gasteiger partial charge in [0.15, 0.2) is 0 Å². The second-order valence-electron chi connectivity index (χ2n) is 7.08. The summed E-state index contributed by atoms with van der Waals surface area (Å²) < 4.78 is 5.59. The van der Waals surface area contributed by atoms with Gasteiger partial charge in [0.05, 0.1) is 6.61 Å². The lowest BCUT2D eigenvalue weighted by molar-refractivity contribution is -0.122. The van der Waals surface area contributed by atoms with Crippen LogP contribution in [0.1, 0.15) is 41.3 Å². The molecule has 2 saturated heterocycles. The van der Waals surface area contributed by atoms with Crippen LogP contribution in [0.2, 0.25) is 0 Å². The molecule has 0 radical (unpaired) electrons. The van der Waals surface area contributed by atoms with Crippen LogP contribution in [0.5, 0.6) is 0 Å². The summed E-state index contributed by atoms with van der Waals surface area (Å²) in [7, 11) is 0. The van der Waals surface area contributed by atoms with E-state index in [1.807, 2.05) is 18.7 Å². The van der Waals surface area contributed by atoms with Gasteiger partial charge in [0.1, 0.15) is 11.5 Å². The molecule has 3 rings (SSSR count). The van der Waals surface area contributed by atoms with Crippen molar-refractivity contribution >= 4 is 12.4 Å². The third kappa shape index (κ3) is 6.88. The van der Waals surface area contributed by atoms with E-state index in [1.165, 1.54) is 12.8 Å². The topological polar surface area (TPSA) is 95.9 Å². The standard InChI is InChI=1S/C18H28N4O2.CH2O2/c1-14-11-17(20-15(2)19-14)18(23)22-7-4-6-21(8-9-22)12-16-5-3-10-24-13-16;2-1-3/h11,16H,3-10,12-13H2,1-2H3;1H,(H,2,3). The van der Waals surface area contributed by atoms with Gasteiger partial charge in [-0.25, -0.2) is 9.97 Å². The molecule has 27 heavy (non-hydrogen) atoms. The summed E-state index contributed by atoms with van der Waals surface area (Å²) in [5.74, 6) is 1.34. The molecule has 1 unspecified atom stereocenters. The third-order valence-electron chi connectivity index (χ3n) is 4.83. The summed E-state index contributed by atoms with van der Waals surface area (Å²) >= 11 is 0. The highest BCUT2D eigenvalue weighted by Gasteiger charge is 2.24. The first-order valence-electron chi connectivity index (χ1n) is 9.53. The fourth-order valence-electron chi connectivity index (χ4n) is 3.66. The van der Waals surface area contributed by atoms with Crippen LogP contribution in [0.3, 0.4) is 0 Å². The Morgan fingerprint density at radius 2 is 2.04 bits per heavy atom. The quantitative estimate of drug-likeness (QED) is 0.794. The van der Waals surface area contributed by atoms with Gasteiger partial charge in [0, 0.05) is 38.5 Å². The average Bonchev–Trinajstić information content (AvgIpc) is 2.87. The first kappa shape index (κ1) is 21.2. The van der Waals surface area contributed by atoms with Crippen LogP contribution in [0.25, 0.3) is 0 Å². The minimum absolute atomic E-state index is 0.0337. The zero-order valence-electron chi connectivity index (χ0n) is 16.3. The molecule has 2 fully saturated rings. The largest absolute Gasteiger partial charge is 0.483 e. The van der Waals surface area contributed by atoms with Gasteiger partial charge in [-0.3, -0.25) is 9.59 Å². The van der Waals surface area contributed by atoms with Crippen LogP contribution in [0.4, 0.5) is 0 Å². The fourth-order valence-corrected chi connectivity index (χ4v) is 3.66. The molecule has 150 valence electrons. The molecule has 0 aromatic carbocycles. The van der Waals surface area contributed by atoms with E-state index in [9.17, 15) is 4.79 Å². The van der Waals surface area contributed by atoms with Crippen molar-refractivity contribution in [2.45, 2.75) is 33.1 Å². The Kier molecular flexibility index (Phi) is 8.60. The Morgan fingerprint density at radius 3 is 2.70 bits per heavy atom. The Labute approximate surface area is 160 Å². The van der Waals surface area contributed by atoms with Crippen molar-refractivity contribution < 1.29 is 19.4 Å². The third-order valence-corrected chi connectivity index (χ3v) is 4.83. The van der Waals surface area contributed by atoms with Crippen LogP contribution in [0.15, 0.2) is 6.07 Å². The van der Waals surface area contributed by atoms with Gasteiger partial charge in [0.2, 0.25) is 0 Å². The highest BCUT2D eigenvalue weighted by atomic mass is 16.5. The Bertz CT molecular complexity index is 599. The lowest BCUT2D eigenvalue weighted by Crippen LogP contribution is -2.38. The number of aryl methyl sites for hydroxylation is 2. The van der Waals surface area contributed by atoms with Crippen LogP contribution in [-0.2, 0) is 9.53 Å². The number of aromatic nitrogens is 2. The number of rotatable bonds is 3. The number of carboxylic acid groups (broad SMARTS) is 1. The van der Waals surface area contributed by atoms with Crippen molar-refractivity contribution in [2.24, 2.45) is 5.92 Å². The Hall–Kier alpha value is -2.06. The molecule has 8 nitrogen and oxygen atoms in total. The van der Waals surface area contributed by atoms with Gasteiger partial charge in [0.25, 0.3) is 12.4 Å². The molecule has 1 atom stereocenters. The van der Waals surface area contributed by atoms with E-state index in [-0.39, 0.29) is 12.4 Å². The SMILES string of the molecule is Cc1cc(C(=O)N2CCCN(CC3CCCOC3)CC2)nc(C)n1.O=CO. The number of hydrogen-bond donors (Lipinski definition) is 1. The predicted molar refractivity (Wildman–Crippen MR) is 101 cm³/mol. The number of carbonyl (C=O) groups excluding carboxylic acids is 1. The van der Waals surface area contributed by atoms with Crippen LogP contribution >= 0.6 is 0 Å². The zero-order valence-corrected chi connectivity index (χ0v) is 16.3. The summed E-state index contributed by atoms with van der Waals surface area (Å²) in [6.07, 6.45) is 3.45. The highest BCUT2D eigenvalue weighted by Crippen LogP contribution is 2.16. The summed E-state index contributed by atoms with van der Waals surface area (Å²) in [5.41, 5.74) is 1.37. The molecule has 1 N–H and O–H groups in total. The molecule has 0 aliphatic carbocycles. The fraction of sp³-hybridized carbons (Fsp3) is 0.684. The summed E-state index contributed by atoms with van der Waals surface area (Å²) in [6.45, 7) is 9.95. The molecule has 1 aromatic heterocycles. The van der Waals surface area contributed by atoms with E-state index < -0.39 is 0 Å². The van der Waals surface area contributed by atoms with Gasteiger partial charge >= 0.3 is 0 Å². The second-order valence-corrected chi connectivity index (χ2v) is 7.08. The van der Waals surface area contributed by atoms with Gasteiger partial charge in [-0.1, -0.05) is 0 Å². The normalized spacial score (nSPS) is 21.0. The van der Waals surface area contributed by atoms with E-state index in [1.54, 1.807) is 6.07 Å². The number of amides is 1. The van der Waals surface area contributed by atoms with Crippen molar-refractivity contribution in [1.82, 2.24) is 19.8 Å². The van der Waals surface area contributed by atoms with Gasteiger partial charge in [-0.05, 0) is 51.6 Å². The predicted octanol–water partition coefficient (Wildman–Crippen LogP) is 1.37. The van der Waals surface area contributed by atoms with E-state index in [0.717, 1.165) is 58.1 Å². The first-order chi connectivity index (χ1) is 13.0. The monoisotopic (exact) mass is 378 g/mol. The lowest BCUT2D eigenvalue weighted by atomic mass is 10.0. The van der Waals surface area contributed by atoms with E-state index >= 15 is 0 Å². The maximum Gasteiger partial charge on any atom is 0.290 e. The molecule has 1 amide bonds. The Balaban J connectivity index is 0.000000817. The minimum Gasteiger partial charge on any atom is -0.483 e. The van der Waals surface area contributed by atoms with Crippen LogP contribution in [0, 0.1) is 19.8 Å². The van der Waals surface area contributed by atoms with E-state index in [0.29, 0.717) is 17.4 Å². The molecule has 2 aliphatic heterocycles. The van der Waals surface area contributed by atoms with Gasteiger partial charge < -0.3 is 19.6 Å². The van der Waals surface area contributed by atoms with E-state index in [4.69, 9.17) is 14.6 Å². The first-order valence-corrected chi connectivity index (χ1v) is 9.53. The van der Waals surface area contributed by atoms with Crippen molar-refractivity contribution in [2.75, 3.05) is 45.9 Å². The van der Waals surface area contributed by atoms with Gasteiger partial charge in [-0.15, -0.1) is 0 Å². The number of nitrogens with zero attached hydrogens (tertiary/aromatic N) is 4.